The molecule has 1 atom stereocenters. The Hall–Kier alpha value is -2.38. The zero-order valence-electron chi connectivity index (χ0n) is 10.5. The number of carbonyl (C=O) groups excluding carboxylic acids is 2. The molecule has 0 aliphatic heterocycles. The molecule has 2 N–H and O–H groups in total. The summed E-state index contributed by atoms with van der Waals surface area (Å²) in [6.07, 6.45) is -0.177. The quantitative estimate of drug-likeness (QED) is 0.704. The van der Waals surface area contributed by atoms with Crippen LogP contribution in [0.1, 0.15) is 29.1 Å². The fourth-order valence-corrected chi connectivity index (χ4v) is 1.32. The maximum absolute atomic E-state index is 11.7. The molecule has 0 spiro atoms. The number of carbonyl (C=O) groups is 3. The molecule has 0 aliphatic rings. The molecule has 8 heteroatoms. The summed E-state index contributed by atoms with van der Waals surface area (Å²) in [6.45, 7) is 1.63. The van der Waals surface area contributed by atoms with Gasteiger partial charge in [-0.1, -0.05) is 5.16 Å². The summed E-state index contributed by atoms with van der Waals surface area (Å²) in [5.41, 5.74) is 0.506. The third kappa shape index (κ3) is 4.41. The molecule has 8 nitrogen and oxygen atoms in total. The van der Waals surface area contributed by atoms with Gasteiger partial charge >= 0.3 is 11.9 Å². The summed E-state index contributed by atoms with van der Waals surface area (Å²) >= 11 is 0. The molecule has 1 rings (SSSR count). The fourth-order valence-electron chi connectivity index (χ4n) is 1.32. The number of aromatic nitrogens is 1. The molecule has 0 saturated heterocycles. The number of aryl methyl sites for hydroxylation is 1. The second kappa shape index (κ2) is 6.53. The smallest absolute Gasteiger partial charge is 0.326 e. The van der Waals surface area contributed by atoms with E-state index >= 15 is 0 Å². The van der Waals surface area contributed by atoms with E-state index in [2.05, 4.69) is 15.2 Å². The van der Waals surface area contributed by atoms with Gasteiger partial charge in [0.15, 0.2) is 0 Å². The van der Waals surface area contributed by atoms with E-state index in [0.29, 0.717) is 5.69 Å². The van der Waals surface area contributed by atoms with Crippen LogP contribution in [0.2, 0.25) is 0 Å². The first-order chi connectivity index (χ1) is 8.93. The molecule has 0 saturated carbocycles. The van der Waals surface area contributed by atoms with Gasteiger partial charge < -0.3 is 19.7 Å². The van der Waals surface area contributed by atoms with Crippen LogP contribution < -0.4 is 5.32 Å². The number of aliphatic carboxylic acids is 1. The number of nitrogens with one attached hydrogen (secondary N) is 1. The van der Waals surface area contributed by atoms with Gasteiger partial charge in [-0.15, -0.1) is 0 Å². The van der Waals surface area contributed by atoms with Crippen molar-refractivity contribution < 1.29 is 28.8 Å². The highest BCUT2D eigenvalue weighted by Gasteiger charge is 2.23. The average Bonchev–Trinajstić information content (AvgIpc) is 2.80. The second-order valence-corrected chi connectivity index (χ2v) is 3.81. The van der Waals surface area contributed by atoms with Crippen molar-refractivity contribution in [2.24, 2.45) is 0 Å². The van der Waals surface area contributed by atoms with Crippen LogP contribution in [0.3, 0.4) is 0 Å². The average molecular weight is 270 g/mol. The molecule has 0 fully saturated rings. The van der Waals surface area contributed by atoms with Gasteiger partial charge in [-0.05, 0) is 13.3 Å². The van der Waals surface area contributed by atoms with Crippen molar-refractivity contribution in [3.63, 3.8) is 0 Å². The zero-order valence-corrected chi connectivity index (χ0v) is 10.5. The van der Waals surface area contributed by atoms with Crippen LogP contribution in [0, 0.1) is 6.92 Å². The minimum Gasteiger partial charge on any atom is -0.480 e. The van der Waals surface area contributed by atoms with E-state index in [4.69, 9.17) is 9.63 Å². The van der Waals surface area contributed by atoms with E-state index in [9.17, 15) is 14.4 Å². The molecule has 1 heterocycles. The normalized spacial score (nSPS) is 11.7. The van der Waals surface area contributed by atoms with E-state index in [0.717, 1.165) is 0 Å². The highest BCUT2D eigenvalue weighted by Crippen LogP contribution is 2.05. The minimum absolute atomic E-state index is 0.0686. The van der Waals surface area contributed by atoms with Gasteiger partial charge in [-0.3, -0.25) is 9.59 Å². The van der Waals surface area contributed by atoms with E-state index in [1.165, 1.54) is 13.2 Å². The third-order valence-corrected chi connectivity index (χ3v) is 2.32. The van der Waals surface area contributed by atoms with Crippen LogP contribution in [0.25, 0.3) is 0 Å². The largest absolute Gasteiger partial charge is 0.480 e. The first-order valence-electron chi connectivity index (χ1n) is 5.48. The number of hydrogen-bond donors (Lipinski definition) is 2. The Labute approximate surface area is 108 Å². The maximum atomic E-state index is 11.7. The summed E-state index contributed by atoms with van der Waals surface area (Å²) in [7, 11) is 1.20. The number of methoxy groups -OCH3 is 1. The van der Waals surface area contributed by atoms with Crippen molar-refractivity contribution in [3.8, 4) is 0 Å². The molecule has 0 radical (unpaired) electrons. The van der Waals surface area contributed by atoms with Crippen LogP contribution >= 0.6 is 0 Å². The number of amides is 1. The lowest BCUT2D eigenvalue weighted by Crippen LogP contribution is -2.41. The molecule has 1 aromatic heterocycles. The van der Waals surface area contributed by atoms with Crippen LogP contribution in [-0.2, 0) is 14.3 Å². The predicted octanol–water partition coefficient (Wildman–Crippen LogP) is 0.119. The Morgan fingerprint density at radius 3 is 2.68 bits per heavy atom. The van der Waals surface area contributed by atoms with Gasteiger partial charge in [0.05, 0.1) is 12.8 Å². The molecule has 0 bridgehead atoms. The lowest BCUT2D eigenvalue weighted by atomic mass is 10.1. The molecule has 0 aliphatic carbocycles. The summed E-state index contributed by atoms with van der Waals surface area (Å²) < 4.78 is 9.11. The first-order valence-corrected chi connectivity index (χ1v) is 5.48. The van der Waals surface area contributed by atoms with Crippen molar-refractivity contribution in [1.82, 2.24) is 10.5 Å². The Morgan fingerprint density at radius 2 is 2.21 bits per heavy atom. The minimum atomic E-state index is -1.24. The molecule has 19 heavy (non-hydrogen) atoms. The Morgan fingerprint density at radius 1 is 1.53 bits per heavy atom. The molecule has 104 valence electrons. The van der Waals surface area contributed by atoms with Gasteiger partial charge in [0.2, 0.25) is 5.76 Å². The van der Waals surface area contributed by atoms with E-state index in [1.54, 1.807) is 6.92 Å². The topological polar surface area (TPSA) is 119 Å². The summed E-state index contributed by atoms with van der Waals surface area (Å²) in [6, 6.07) is 0.186. The molecular weight excluding hydrogens is 256 g/mol. The number of ether oxygens (including phenoxy) is 1. The summed E-state index contributed by atoms with van der Waals surface area (Å²) in [5.74, 6) is -2.57. The number of hydrogen-bond acceptors (Lipinski definition) is 6. The SMILES string of the molecule is COC(=O)CC[C@@H](NC(=O)c1cc(C)no1)C(=O)O. The van der Waals surface area contributed by atoms with Gasteiger partial charge in [0.25, 0.3) is 5.91 Å². The van der Waals surface area contributed by atoms with Crippen LogP contribution in [0.4, 0.5) is 0 Å². The predicted molar refractivity (Wildman–Crippen MR) is 61.4 cm³/mol. The Bertz CT molecular complexity index is 481. The molecule has 0 unspecified atom stereocenters. The lowest BCUT2D eigenvalue weighted by Gasteiger charge is -2.12. The number of nitrogens with zero attached hydrogens (tertiary/aromatic N) is 1. The Balaban J connectivity index is 2.61. The second-order valence-electron chi connectivity index (χ2n) is 3.81. The first kappa shape index (κ1) is 14.7. The van der Waals surface area contributed by atoms with Crippen molar-refractivity contribution >= 4 is 17.8 Å². The van der Waals surface area contributed by atoms with Crippen LogP contribution in [0.5, 0.6) is 0 Å². The number of esters is 1. The van der Waals surface area contributed by atoms with Crippen molar-refractivity contribution in [2.45, 2.75) is 25.8 Å². The highest BCUT2D eigenvalue weighted by atomic mass is 16.5. The molecule has 0 aromatic carbocycles. The fraction of sp³-hybridized carbons (Fsp3) is 0.455. The summed E-state index contributed by atoms with van der Waals surface area (Å²) in [5, 5.41) is 14.7. The van der Waals surface area contributed by atoms with E-state index in [-0.39, 0.29) is 18.6 Å². The maximum Gasteiger partial charge on any atom is 0.326 e. The number of carboxylic acids is 1. The van der Waals surface area contributed by atoms with Crippen LogP contribution in [-0.4, -0.2) is 41.3 Å². The van der Waals surface area contributed by atoms with Gasteiger partial charge in [-0.25, -0.2) is 4.79 Å². The van der Waals surface area contributed by atoms with E-state index < -0.39 is 23.9 Å². The molecule has 1 aromatic rings. The molecular formula is C11H14N2O6. The number of rotatable bonds is 6. The van der Waals surface area contributed by atoms with Crippen molar-refractivity contribution in [1.29, 1.82) is 0 Å². The van der Waals surface area contributed by atoms with Gasteiger partial charge in [0, 0.05) is 12.5 Å². The van der Waals surface area contributed by atoms with Gasteiger partial charge in [-0.2, -0.15) is 0 Å². The molecule has 1 amide bonds. The van der Waals surface area contributed by atoms with Crippen molar-refractivity contribution in [2.75, 3.05) is 7.11 Å². The lowest BCUT2D eigenvalue weighted by molar-refractivity contribution is -0.142. The van der Waals surface area contributed by atoms with Crippen molar-refractivity contribution in [3.05, 3.63) is 17.5 Å². The Kier molecular flexibility index (Phi) is 5.04. The highest BCUT2D eigenvalue weighted by molar-refractivity contribution is 5.94. The summed E-state index contributed by atoms with van der Waals surface area (Å²) in [4.78, 5) is 33.6. The van der Waals surface area contributed by atoms with Gasteiger partial charge in [0.1, 0.15) is 6.04 Å². The monoisotopic (exact) mass is 270 g/mol. The third-order valence-electron chi connectivity index (χ3n) is 2.32. The van der Waals surface area contributed by atoms with E-state index in [1.807, 2.05) is 0 Å². The number of carboxylic acid groups (broad SMARTS) is 1. The standard InChI is InChI=1S/C11H14N2O6/c1-6-5-8(19-13-6)10(15)12-7(11(16)17)3-4-9(14)18-2/h5,7H,3-4H2,1-2H3,(H,12,15)(H,16,17)/t7-/m1/s1. The zero-order chi connectivity index (χ0) is 14.4. The van der Waals surface area contributed by atoms with Crippen LogP contribution in [0.15, 0.2) is 10.6 Å².